The third-order valence-corrected chi connectivity index (χ3v) is 9.15. The molecule has 0 radical (unpaired) electrons. The highest BCUT2D eigenvalue weighted by Gasteiger charge is 2.50. The highest BCUT2D eigenvalue weighted by molar-refractivity contribution is 8.09. The molecule has 22 heavy (non-hydrogen) atoms. The molecule has 0 aromatic rings. The van der Waals surface area contributed by atoms with Gasteiger partial charge in [0.1, 0.15) is 0 Å². The van der Waals surface area contributed by atoms with Crippen molar-refractivity contribution < 1.29 is 26.3 Å². The summed E-state index contributed by atoms with van der Waals surface area (Å²) in [7, 11) is -7.75. The Labute approximate surface area is 133 Å². The van der Waals surface area contributed by atoms with Crippen molar-refractivity contribution in [1.29, 1.82) is 0 Å². The van der Waals surface area contributed by atoms with Crippen molar-refractivity contribution in [2.75, 3.05) is 32.3 Å². The molecule has 0 bridgehead atoms. The first kappa shape index (κ1) is 19.8. The van der Waals surface area contributed by atoms with Crippen LogP contribution in [0.25, 0.3) is 0 Å². The van der Waals surface area contributed by atoms with E-state index in [4.69, 9.17) is 15.2 Å². The normalized spacial score (nSPS) is 21.0. The fourth-order valence-corrected chi connectivity index (χ4v) is 6.33. The van der Waals surface area contributed by atoms with Gasteiger partial charge in [0.2, 0.25) is 0 Å². The zero-order valence-electron chi connectivity index (χ0n) is 13.3. The molecule has 9 heteroatoms. The summed E-state index contributed by atoms with van der Waals surface area (Å²) >= 11 is 0. The predicted molar refractivity (Wildman–Crippen MR) is 84.9 cm³/mol. The third kappa shape index (κ3) is 4.89. The smallest absolute Gasteiger partial charge is 0.195 e. The summed E-state index contributed by atoms with van der Waals surface area (Å²) in [6.07, 6.45) is 4.80. The molecule has 0 spiro atoms. The summed E-state index contributed by atoms with van der Waals surface area (Å²) in [5.74, 6) is 0. The molecule has 0 amide bonds. The second-order valence-electron chi connectivity index (χ2n) is 5.81. The van der Waals surface area contributed by atoms with E-state index in [1.54, 1.807) is 0 Å². The Hall–Kier alpha value is -0.220. The van der Waals surface area contributed by atoms with E-state index in [0.717, 1.165) is 25.4 Å². The minimum absolute atomic E-state index is 0.0193. The predicted octanol–water partition coefficient (Wildman–Crippen LogP) is 0.444. The van der Waals surface area contributed by atoms with Crippen LogP contribution in [0, 0.1) is 0 Å². The monoisotopic (exact) mass is 357 g/mol. The maximum absolute atomic E-state index is 12.2. The first-order chi connectivity index (χ1) is 10.1. The van der Waals surface area contributed by atoms with Crippen LogP contribution in [0.15, 0.2) is 0 Å². The van der Waals surface area contributed by atoms with Crippen LogP contribution in [0.2, 0.25) is 0 Å². The lowest BCUT2D eigenvalue weighted by molar-refractivity contribution is -0.163. The molecule has 1 aliphatic heterocycles. The van der Waals surface area contributed by atoms with Crippen LogP contribution in [0.5, 0.6) is 0 Å². The lowest BCUT2D eigenvalue weighted by Gasteiger charge is -2.32. The minimum Gasteiger partial charge on any atom is -0.353 e. The topological polar surface area (TPSA) is 113 Å². The molecule has 1 atom stereocenters. The summed E-state index contributed by atoms with van der Waals surface area (Å²) in [5.41, 5.74) is 5.42. The number of ether oxygens (including phenoxy) is 2. The molecule has 0 aromatic carbocycles. The van der Waals surface area contributed by atoms with Crippen LogP contribution in [0.1, 0.15) is 38.5 Å². The van der Waals surface area contributed by atoms with Crippen molar-refractivity contribution >= 4 is 19.7 Å². The first-order valence-electron chi connectivity index (χ1n) is 7.46. The molecule has 1 unspecified atom stereocenters. The summed E-state index contributed by atoms with van der Waals surface area (Å²) in [4.78, 5) is 0. The quantitative estimate of drug-likeness (QED) is 0.596. The summed E-state index contributed by atoms with van der Waals surface area (Å²) in [5, 5.41) is 0. The zero-order valence-corrected chi connectivity index (χ0v) is 14.9. The molecule has 0 aliphatic carbocycles. The maximum atomic E-state index is 12.2. The Morgan fingerprint density at radius 1 is 1.14 bits per heavy atom. The minimum atomic E-state index is -3.87. The van der Waals surface area contributed by atoms with Crippen molar-refractivity contribution in [3.8, 4) is 0 Å². The van der Waals surface area contributed by atoms with Crippen LogP contribution in [0.4, 0.5) is 0 Å². The average molecular weight is 357 g/mol. The van der Waals surface area contributed by atoms with Gasteiger partial charge in [-0.05, 0) is 45.1 Å². The standard InChI is InChI=1S/C13H27NO6S2/c1-21(15,16)13(22(2,17)18,8-4-5-9-14)11-20-12-7-3-6-10-19-12/h12H,3-11,14H2,1-2H3. The van der Waals surface area contributed by atoms with Gasteiger partial charge in [-0.3, -0.25) is 0 Å². The highest BCUT2D eigenvalue weighted by Crippen LogP contribution is 2.31. The van der Waals surface area contributed by atoms with Gasteiger partial charge >= 0.3 is 0 Å². The van der Waals surface area contributed by atoms with E-state index in [-0.39, 0.29) is 6.42 Å². The molecule has 1 rings (SSSR count). The van der Waals surface area contributed by atoms with Crippen LogP contribution in [-0.2, 0) is 29.1 Å². The molecular formula is C13H27NO6S2. The van der Waals surface area contributed by atoms with Crippen molar-refractivity contribution in [2.45, 2.75) is 48.9 Å². The Bertz CT molecular complexity index is 505. The van der Waals surface area contributed by atoms with Gasteiger partial charge in [-0.1, -0.05) is 0 Å². The van der Waals surface area contributed by atoms with E-state index >= 15 is 0 Å². The van der Waals surface area contributed by atoms with Crippen LogP contribution >= 0.6 is 0 Å². The summed E-state index contributed by atoms with van der Waals surface area (Å²) in [6, 6.07) is 0. The molecule has 0 saturated carbocycles. The van der Waals surface area contributed by atoms with Crippen LogP contribution < -0.4 is 5.73 Å². The Morgan fingerprint density at radius 3 is 2.23 bits per heavy atom. The average Bonchev–Trinajstić information content (AvgIpc) is 2.41. The number of hydrogen-bond acceptors (Lipinski definition) is 7. The molecule has 2 N–H and O–H groups in total. The number of hydrogen-bond donors (Lipinski definition) is 1. The Balaban J connectivity index is 2.96. The van der Waals surface area contributed by atoms with Crippen molar-refractivity contribution in [2.24, 2.45) is 5.73 Å². The fraction of sp³-hybridized carbons (Fsp3) is 1.00. The first-order valence-corrected chi connectivity index (χ1v) is 11.2. The van der Waals surface area contributed by atoms with Gasteiger partial charge in [0.05, 0.1) is 6.61 Å². The largest absolute Gasteiger partial charge is 0.353 e. The van der Waals surface area contributed by atoms with Gasteiger partial charge in [-0.25, -0.2) is 16.8 Å². The molecule has 132 valence electrons. The van der Waals surface area contributed by atoms with Gasteiger partial charge < -0.3 is 15.2 Å². The van der Waals surface area contributed by atoms with Gasteiger partial charge in [-0.2, -0.15) is 0 Å². The molecule has 1 fully saturated rings. The van der Waals surface area contributed by atoms with Gasteiger partial charge in [0.15, 0.2) is 30.0 Å². The molecule has 1 saturated heterocycles. The molecule has 1 heterocycles. The van der Waals surface area contributed by atoms with E-state index in [1.807, 2.05) is 0 Å². The van der Waals surface area contributed by atoms with Crippen molar-refractivity contribution in [3.05, 3.63) is 0 Å². The van der Waals surface area contributed by atoms with Crippen molar-refractivity contribution in [3.63, 3.8) is 0 Å². The molecule has 7 nitrogen and oxygen atoms in total. The van der Waals surface area contributed by atoms with E-state index in [2.05, 4.69) is 0 Å². The van der Waals surface area contributed by atoms with Gasteiger partial charge in [0.25, 0.3) is 0 Å². The third-order valence-electron chi connectivity index (χ3n) is 3.99. The number of nitrogens with two attached hydrogens (primary N) is 1. The van der Waals surface area contributed by atoms with E-state index < -0.39 is 36.7 Å². The fourth-order valence-electron chi connectivity index (χ4n) is 2.53. The number of unbranched alkanes of at least 4 members (excludes halogenated alkanes) is 1. The van der Waals surface area contributed by atoms with Gasteiger partial charge in [0, 0.05) is 19.1 Å². The Morgan fingerprint density at radius 2 is 1.77 bits per heavy atom. The van der Waals surface area contributed by atoms with Gasteiger partial charge in [-0.15, -0.1) is 0 Å². The summed E-state index contributed by atoms with van der Waals surface area (Å²) in [6.45, 7) is 0.526. The molecule has 0 aromatic heterocycles. The number of sulfone groups is 2. The summed E-state index contributed by atoms with van der Waals surface area (Å²) < 4.78 is 57.9. The maximum Gasteiger partial charge on any atom is 0.195 e. The van der Waals surface area contributed by atoms with E-state index in [0.29, 0.717) is 32.4 Å². The Kier molecular flexibility index (Phi) is 7.25. The second kappa shape index (κ2) is 8.05. The molecule has 1 aliphatic rings. The van der Waals surface area contributed by atoms with Crippen molar-refractivity contribution in [1.82, 2.24) is 0 Å². The highest BCUT2D eigenvalue weighted by atomic mass is 32.3. The SMILES string of the molecule is CS(=O)(=O)C(CCCCN)(COC1CCCCO1)S(C)(=O)=O. The van der Waals surface area contributed by atoms with E-state index in [9.17, 15) is 16.8 Å². The van der Waals surface area contributed by atoms with Crippen LogP contribution in [0.3, 0.4) is 0 Å². The second-order valence-corrected chi connectivity index (χ2v) is 10.7. The zero-order chi connectivity index (χ0) is 16.9. The molecular weight excluding hydrogens is 330 g/mol. The lowest BCUT2D eigenvalue weighted by Crippen LogP contribution is -2.50. The lowest BCUT2D eigenvalue weighted by atomic mass is 10.2. The van der Waals surface area contributed by atoms with E-state index in [1.165, 1.54) is 0 Å². The number of rotatable bonds is 9. The van der Waals surface area contributed by atoms with Crippen LogP contribution in [-0.4, -0.2) is 59.5 Å².